The molecule has 4 atom stereocenters. The van der Waals surface area contributed by atoms with Crippen LogP contribution >= 0.6 is 0 Å². The first-order valence-electron chi connectivity index (χ1n) is 9.06. The van der Waals surface area contributed by atoms with E-state index in [1.165, 1.54) is 7.11 Å². The average Bonchev–Trinajstić information content (AvgIpc) is 2.90. The fourth-order valence-corrected chi connectivity index (χ4v) is 5.50. The fourth-order valence-electron chi connectivity index (χ4n) is 5.50. The van der Waals surface area contributed by atoms with E-state index >= 15 is 0 Å². The summed E-state index contributed by atoms with van der Waals surface area (Å²) in [6.07, 6.45) is 5.70. The Hall–Kier alpha value is -2.11. The number of rotatable bonds is 2. The van der Waals surface area contributed by atoms with Crippen molar-refractivity contribution in [2.45, 2.75) is 57.7 Å². The number of carbonyl (C=O) groups excluding carboxylic acids is 2. The maximum Gasteiger partial charge on any atom is 0.259 e. The number of nitrogens with zero attached hydrogens (tertiary/aromatic N) is 3. The maximum absolute atomic E-state index is 13.4. The van der Waals surface area contributed by atoms with Crippen molar-refractivity contribution in [1.82, 2.24) is 14.8 Å². The van der Waals surface area contributed by atoms with Crippen LogP contribution in [0.5, 0.6) is 5.88 Å². The van der Waals surface area contributed by atoms with Crippen LogP contribution in [-0.2, 0) is 4.79 Å². The molecule has 3 aliphatic rings. The molecule has 1 aliphatic carbocycles. The van der Waals surface area contributed by atoms with Crippen LogP contribution in [0.3, 0.4) is 0 Å². The minimum Gasteiger partial charge on any atom is -0.480 e. The van der Waals surface area contributed by atoms with Crippen molar-refractivity contribution in [3.63, 3.8) is 0 Å². The summed E-state index contributed by atoms with van der Waals surface area (Å²) in [5.74, 6) is 0.472. The van der Waals surface area contributed by atoms with Crippen molar-refractivity contribution < 1.29 is 14.3 Å². The number of hydrogen-bond donors (Lipinski definition) is 0. The Balaban J connectivity index is 1.74. The van der Waals surface area contributed by atoms with Gasteiger partial charge >= 0.3 is 0 Å². The van der Waals surface area contributed by atoms with Crippen LogP contribution in [0, 0.1) is 5.41 Å². The van der Waals surface area contributed by atoms with Crippen molar-refractivity contribution in [2.24, 2.45) is 5.41 Å². The van der Waals surface area contributed by atoms with E-state index in [4.69, 9.17) is 4.74 Å². The van der Waals surface area contributed by atoms with Gasteiger partial charge in [-0.15, -0.1) is 0 Å². The van der Waals surface area contributed by atoms with E-state index in [9.17, 15) is 9.59 Å². The molecule has 6 nitrogen and oxygen atoms in total. The third kappa shape index (κ3) is 2.26. The normalized spacial score (nSPS) is 33.3. The molecule has 6 heteroatoms. The van der Waals surface area contributed by atoms with E-state index in [0.29, 0.717) is 18.0 Å². The summed E-state index contributed by atoms with van der Waals surface area (Å²) in [5.41, 5.74) is 0.496. The molecule has 4 rings (SSSR count). The molecule has 1 aromatic rings. The Labute approximate surface area is 148 Å². The molecule has 0 spiro atoms. The zero-order valence-corrected chi connectivity index (χ0v) is 15.1. The number of hydrogen-bond acceptors (Lipinski definition) is 4. The topological polar surface area (TPSA) is 62.7 Å². The lowest BCUT2D eigenvalue weighted by atomic mass is 9.66. The molecular weight excluding hydrogens is 318 g/mol. The largest absolute Gasteiger partial charge is 0.480 e. The number of piperidine rings is 1. The maximum atomic E-state index is 13.4. The van der Waals surface area contributed by atoms with Gasteiger partial charge in [0.25, 0.3) is 5.91 Å². The summed E-state index contributed by atoms with van der Waals surface area (Å²) in [6, 6.07) is 4.05. The van der Waals surface area contributed by atoms with Gasteiger partial charge in [0.2, 0.25) is 11.8 Å². The molecule has 2 saturated heterocycles. The van der Waals surface area contributed by atoms with E-state index in [1.54, 1.807) is 25.3 Å². The molecule has 0 aromatic carbocycles. The molecule has 0 radical (unpaired) electrons. The van der Waals surface area contributed by atoms with Crippen LogP contribution in [-0.4, -0.2) is 58.4 Å². The highest BCUT2D eigenvalue weighted by atomic mass is 16.5. The van der Waals surface area contributed by atoms with Gasteiger partial charge in [0.1, 0.15) is 5.56 Å². The van der Waals surface area contributed by atoms with Crippen molar-refractivity contribution in [2.75, 3.05) is 13.7 Å². The number of amides is 2. The average molecular weight is 343 g/mol. The molecule has 3 heterocycles. The first kappa shape index (κ1) is 16.4. The lowest BCUT2D eigenvalue weighted by Crippen LogP contribution is -2.57. The first-order chi connectivity index (χ1) is 12.0. The summed E-state index contributed by atoms with van der Waals surface area (Å²) in [6.45, 7) is 4.55. The van der Waals surface area contributed by atoms with Crippen LogP contribution in [0.15, 0.2) is 18.3 Å². The van der Waals surface area contributed by atoms with Gasteiger partial charge in [0.05, 0.1) is 13.2 Å². The number of fused-ring (bicyclic) bond motifs is 1. The Morgan fingerprint density at radius 2 is 2.08 bits per heavy atom. The fraction of sp³-hybridized carbons (Fsp3) is 0.632. The SMILES string of the molecule is COc1ncccc1C(=O)N1[C@@H]2CN(C(C)=O)[C@@H]3CCC[C@H]1[C@]3(C)C2. The Morgan fingerprint density at radius 3 is 2.80 bits per heavy atom. The van der Waals surface area contributed by atoms with Gasteiger partial charge in [-0.2, -0.15) is 0 Å². The third-order valence-corrected chi connectivity index (χ3v) is 6.50. The third-order valence-electron chi connectivity index (χ3n) is 6.50. The molecule has 2 aliphatic heterocycles. The van der Waals surface area contributed by atoms with E-state index in [0.717, 1.165) is 25.7 Å². The zero-order valence-electron chi connectivity index (χ0n) is 15.1. The van der Waals surface area contributed by atoms with Gasteiger partial charge in [-0.25, -0.2) is 4.98 Å². The second kappa shape index (κ2) is 5.71. The van der Waals surface area contributed by atoms with E-state index < -0.39 is 0 Å². The van der Waals surface area contributed by atoms with Gasteiger partial charge < -0.3 is 14.5 Å². The van der Waals surface area contributed by atoms with Crippen LogP contribution in [0.1, 0.15) is 49.9 Å². The number of methoxy groups -OCH3 is 1. The van der Waals surface area contributed by atoms with Crippen molar-refractivity contribution in [1.29, 1.82) is 0 Å². The Kier molecular flexibility index (Phi) is 3.74. The van der Waals surface area contributed by atoms with Gasteiger partial charge in [-0.3, -0.25) is 9.59 Å². The minimum absolute atomic E-state index is 0.0159. The molecule has 1 saturated carbocycles. The molecule has 1 aromatic heterocycles. The quantitative estimate of drug-likeness (QED) is 0.825. The highest BCUT2D eigenvalue weighted by molar-refractivity contribution is 5.97. The monoisotopic (exact) mass is 343 g/mol. The highest BCUT2D eigenvalue weighted by Crippen LogP contribution is 2.54. The standard InChI is InChI=1S/C19H25N3O3/c1-12(23)21-11-13-10-19(2)15(21)7-4-8-16(19)22(13)18(24)14-6-5-9-20-17(14)25-3/h5-6,9,13,15-16H,4,7-8,10-11H2,1-3H3/t13-,15+,16-,19+/m0/s1. The predicted octanol–water partition coefficient (Wildman–Crippen LogP) is 2.09. The van der Waals surface area contributed by atoms with Crippen molar-refractivity contribution in [3.05, 3.63) is 23.9 Å². The number of pyridine rings is 1. The van der Waals surface area contributed by atoms with E-state index in [2.05, 4.69) is 11.9 Å². The summed E-state index contributed by atoms with van der Waals surface area (Å²) >= 11 is 0. The number of carbonyl (C=O) groups is 2. The van der Waals surface area contributed by atoms with E-state index in [1.807, 2.05) is 9.80 Å². The summed E-state index contributed by atoms with van der Waals surface area (Å²) in [7, 11) is 1.54. The molecule has 134 valence electrons. The second-order valence-electron chi connectivity index (χ2n) is 7.77. The molecular formula is C19H25N3O3. The minimum atomic E-state index is -0.0188. The molecule has 0 N–H and O–H groups in total. The van der Waals surface area contributed by atoms with Gasteiger partial charge in [-0.1, -0.05) is 6.92 Å². The number of likely N-dealkylation sites (tertiary alicyclic amines) is 2. The van der Waals surface area contributed by atoms with Crippen LogP contribution in [0.4, 0.5) is 0 Å². The Morgan fingerprint density at radius 1 is 1.32 bits per heavy atom. The van der Waals surface area contributed by atoms with Gasteiger partial charge in [0.15, 0.2) is 0 Å². The van der Waals surface area contributed by atoms with Gasteiger partial charge in [-0.05, 0) is 37.8 Å². The first-order valence-corrected chi connectivity index (χ1v) is 9.06. The summed E-state index contributed by atoms with van der Waals surface area (Å²) in [5, 5.41) is 0. The van der Waals surface area contributed by atoms with Crippen LogP contribution in [0.25, 0.3) is 0 Å². The smallest absolute Gasteiger partial charge is 0.259 e. The number of aromatic nitrogens is 1. The highest BCUT2D eigenvalue weighted by Gasteiger charge is 2.61. The molecule has 3 fully saturated rings. The molecule has 2 amide bonds. The molecule has 25 heavy (non-hydrogen) atoms. The molecule has 2 bridgehead atoms. The lowest BCUT2D eigenvalue weighted by Gasteiger charge is -2.49. The van der Waals surface area contributed by atoms with Crippen molar-refractivity contribution in [3.8, 4) is 5.88 Å². The van der Waals surface area contributed by atoms with E-state index in [-0.39, 0.29) is 35.4 Å². The van der Waals surface area contributed by atoms with Crippen LogP contribution in [0.2, 0.25) is 0 Å². The summed E-state index contributed by atoms with van der Waals surface area (Å²) in [4.78, 5) is 33.8. The lowest BCUT2D eigenvalue weighted by molar-refractivity contribution is -0.137. The zero-order chi connectivity index (χ0) is 17.8. The number of ether oxygens (including phenoxy) is 1. The Bertz CT molecular complexity index is 722. The van der Waals surface area contributed by atoms with Crippen molar-refractivity contribution >= 4 is 11.8 Å². The van der Waals surface area contributed by atoms with Gasteiger partial charge in [0, 0.05) is 37.2 Å². The second-order valence-corrected chi connectivity index (χ2v) is 7.77. The predicted molar refractivity (Wildman–Crippen MR) is 92.3 cm³/mol. The summed E-state index contributed by atoms with van der Waals surface area (Å²) < 4.78 is 5.30. The van der Waals surface area contributed by atoms with Crippen LogP contribution < -0.4 is 4.74 Å². The molecule has 0 unspecified atom stereocenters.